The van der Waals surface area contributed by atoms with E-state index in [0.29, 0.717) is 6.54 Å². The second-order valence-electron chi connectivity index (χ2n) is 9.03. The standard InChI is InChI=1S/C28H31N3O2/c1-29(19-21-9-5-3-6-10-21)28(32)25-17-22-13-14-24(33-2)18-26(22)31-16-15-30(20-27(25)31)23-11-7-4-8-12-23/h3-14,18,25,27H,15-17,19-20H2,1-2H3/t25-,27-/m0/s1. The van der Waals surface area contributed by atoms with Crippen LogP contribution < -0.4 is 14.5 Å². The number of hydrogen-bond donors (Lipinski definition) is 0. The van der Waals surface area contributed by atoms with Gasteiger partial charge in [0, 0.05) is 50.7 Å². The molecule has 1 amide bonds. The van der Waals surface area contributed by atoms with Crippen LogP contribution >= 0.6 is 0 Å². The summed E-state index contributed by atoms with van der Waals surface area (Å²) < 4.78 is 5.52. The number of anilines is 2. The van der Waals surface area contributed by atoms with Gasteiger partial charge in [-0.2, -0.15) is 0 Å². The first kappa shape index (κ1) is 21.4. The molecular formula is C28H31N3O2. The molecule has 5 rings (SSSR count). The molecule has 0 saturated carbocycles. The number of hydrogen-bond acceptors (Lipinski definition) is 4. The molecule has 1 saturated heterocycles. The summed E-state index contributed by atoms with van der Waals surface area (Å²) in [5.74, 6) is 0.986. The van der Waals surface area contributed by atoms with Crippen LogP contribution in [0, 0.1) is 5.92 Å². The van der Waals surface area contributed by atoms with Crippen LogP contribution in [0.15, 0.2) is 78.9 Å². The maximum atomic E-state index is 13.8. The minimum Gasteiger partial charge on any atom is -0.497 e. The zero-order chi connectivity index (χ0) is 22.8. The van der Waals surface area contributed by atoms with E-state index in [0.717, 1.165) is 37.4 Å². The summed E-state index contributed by atoms with van der Waals surface area (Å²) in [6, 6.07) is 27.1. The zero-order valence-electron chi connectivity index (χ0n) is 19.4. The van der Waals surface area contributed by atoms with E-state index < -0.39 is 0 Å². The number of fused-ring (bicyclic) bond motifs is 3. The number of ether oxygens (including phenoxy) is 1. The van der Waals surface area contributed by atoms with Crippen LogP contribution in [0.5, 0.6) is 5.75 Å². The van der Waals surface area contributed by atoms with Crippen LogP contribution in [0.4, 0.5) is 11.4 Å². The molecular weight excluding hydrogens is 410 g/mol. The Labute approximate surface area is 196 Å². The molecule has 0 aromatic heterocycles. The number of carbonyl (C=O) groups excluding carboxylic acids is 1. The molecule has 3 aromatic rings. The third-order valence-corrected chi connectivity index (χ3v) is 7.00. The van der Waals surface area contributed by atoms with Crippen molar-refractivity contribution >= 4 is 17.3 Å². The van der Waals surface area contributed by atoms with Crippen molar-refractivity contribution in [2.75, 3.05) is 43.6 Å². The largest absolute Gasteiger partial charge is 0.497 e. The van der Waals surface area contributed by atoms with E-state index in [-0.39, 0.29) is 17.9 Å². The number of carbonyl (C=O) groups is 1. The van der Waals surface area contributed by atoms with Gasteiger partial charge in [-0.25, -0.2) is 0 Å². The van der Waals surface area contributed by atoms with Crippen molar-refractivity contribution in [2.45, 2.75) is 19.0 Å². The molecule has 0 spiro atoms. The average molecular weight is 442 g/mol. The molecule has 170 valence electrons. The van der Waals surface area contributed by atoms with Gasteiger partial charge in [0.25, 0.3) is 0 Å². The topological polar surface area (TPSA) is 36.0 Å². The molecule has 33 heavy (non-hydrogen) atoms. The Morgan fingerprint density at radius 2 is 1.73 bits per heavy atom. The predicted molar refractivity (Wildman–Crippen MR) is 133 cm³/mol. The maximum Gasteiger partial charge on any atom is 0.228 e. The summed E-state index contributed by atoms with van der Waals surface area (Å²) in [6.07, 6.45) is 0.751. The average Bonchev–Trinajstić information content (AvgIpc) is 2.88. The highest BCUT2D eigenvalue weighted by Gasteiger charge is 2.42. The van der Waals surface area contributed by atoms with Crippen molar-refractivity contribution in [3.63, 3.8) is 0 Å². The molecule has 0 unspecified atom stereocenters. The maximum absolute atomic E-state index is 13.8. The van der Waals surface area contributed by atoms with E-state index >= 15 is 0 Å². The van der Waals surface area contributed by atoms with Crippen LogP contribution in [0.2, 0.25) is 0 Å². The lowest BCUT2D eigenvalue weighted by Crippen LogP contribution is -2.61. The van der Waals surface area contributed by atoms with Crippen LogP contribution in [-0.4, -0.2) is 50.6 Å². The lowest BCUT2D eigenvalue weighted by molar-refractivity contribution is -0.135. The van der Waals surface area contributed by atoms with E-state index in [4.69, 9.17) is 4.74 Å². The smallest absolute Gasteiger partial charge is 0.228 e. The number of amides is 1. The first-order valence-electron chi connectivity index (χ1n) is 11.7. The first-order chi connectivity index (χ1) is 16.1. The van der Waals surface area contributed by atoms with Gasteiger partial charge in [0.1, 0.15) is 5.75 Å². The van der Waals surface area contributed by atoms with Gasteiger partial charge in [0.05, 0.1) is 19.1 Å². The van der Waals surface area contributed by atoms with Gasteiger partial charge in [-0.1, -0.05) is 54.6 Å². The summed E-state index contributed by atoms with van der Waals surface area (Å²) in [6.45, 7) is 3.26. The van der Waals surface area contributed by atoms with Gasteiger partial charge in [-0.15, -0.1) is 0 Å². The van der Waals surface area contributed by atoms with Crippen LogP contribution in [0.1, 0.15) is 11.1 Å². The van der Waals surface area contributed by atoms with Crippen molar-refractivity contribution in [1.82, 2.24) is 4.90 Å². The van der Waals surface area contributed by atoms with Crippen LogP contribution in [0.3, 0.4) is 0 Å². The third kappa shape index (κ3) is 4.28. The van der Waals surface area contributed by atoms with E-state index in [1.807, 2.05) is 42.3 Å². The number of nitrogens with zero attached hydrogens (tertiary/aromatic N) is 3. The fraction of sp³-hybridized carbons (Fsp3) is 0.321. The molecule has 0 bridgehead atoms. The van der Waals surface area contributed by atoms with Crippen molar-refractivity contribution in [3.8, 4) is 5.75 Å². The Kier molecular flexibility index (Phi) is 5.95. The molecule has 0 aliphatic carbocycles. The molecule has 2 aliphatic rings. The minimum atomic E-state index is -0.0916. The van der Waals surface area contributed by atoms with Gasteiger partial charge in [-0.3, -0.25) is 4.79 Å². The van der Waals surface area contributed by atoms with Crippen molar-refractivity contribution in [1.29, 1.82) is 0 Å². The van der Waals surface area contributed by atoms with Gasteiger partial charge in [0.2, 0.25) is 5.91 Å². The molecule has 2 heterocycles. The zero-order valence-corrected chi connectivity index (χ0v) is 19.4. The Hall–Kier alpha value is -3.47. The Balaban J connectivity index is 1.45. The summed E-state index contributed by atoms with van der Waals surface area (Å²) in [5, 5.41) is 0. The lowest BCUT2D eigenvalue weighted by Gasteiger charge is -2.50. The van der Waals surface area contributed by atoms with Gasteiger partial charge < -0.3 is 19.4 Å². The molecule has 0 radical (unpaired) electrons. The number of rotatable bonds is 5. The summed E-state index contributed by atoms with van der Waals surface area (Å²) in [7, 11) is 3.64. The van der Waals surface area contributed by atoms with Gasteiger partial charge in [0.15, 0.2) is 0 Å². The van der Waals surface area contributed by atoms with Gasteiger partial charge >= 0.3 is 0 Å². The predicted octanol–water partition coefficient (Wildman–Crippen LogP) is 4.22. The second-order valence-corrected chi connectivity index (χ2v) is 9.03. The highest BCUT2D eigenvalue weighted by molar-refractivity contribution is 5.82. The van der Waals surface area contributed by atoms with E-state index in [9.17, 15) is 4.79 Å². The second kappa shape index (κ2) is 9.18. The van der Waals surface area contributed by atoms with E-state index in [1.54, 1.807) is 7.11 Å². The lowest BCUT2D eigenvalue weighted by atomic mass is 9.82. The molecule has 2 aliphatic heterocycles. The first-order valence-corrected chi connectivity index (χ1v) is 11.7. The summed E-state index contributed by atoms with van der Waals surface area (Å²) in [4.78, 5) is 20.6. The Bertz CT molecular complexity index is 1100. The number of para-hydroxylation sites is 1. The van der Waals surface area contributed by atoms with Crippen molar-refractivity contribution < 1.29 is 9.53 Å². The van der Waals surface area contributed by atoms with Crippen LogP contribution in [0.25, 0.3) is 0 Å². The molecule has 5 nitrogen and oxygen atoms in total. The molecule has 3 aromatic carbocycles. The third-order valence-electron chi connectivity index (χ3n) is 7.00. The van der Waals surface area contributed by atoms with Gasteiger partial charge in [-0.05, 0) is 35.7 Å². The molecule has 0 N–H and O–H groups in total. The van der Waals surface area contributed by atoms with E-state index in [2.05, 4.69) is 58.3 Å². The Morgan fingerprint density at radius 1 is 1.00 bits per heavy atom. The summed E-state index contributed by atoms with van der Waals surface area (Å²) >= 11 is 0. The Morgan fingerprint density at radius 3 is 2.45 bits per heavy atom. The fourth-order valence-electron chi connectivity index (χ4n) is 5.28. The normalized spacial score (nSPS) is 19.5. The minimum absolute atomic E-state index is 0.0916. The monoisotopic (exact) mass is 441 g/mol. The molecule has 2 atom stereocenters. The highest BCUT2D eigenvalue weighted by atomic mass is 16.5. The molecule has 5 heteroatoms. The number of piperazine rings is 1. The highest BCUT2D eigenvalue weighted by Crippen LogP contribution is 2.39. The number of benzene rings is 3. The fourth-order valence-corrected chi connectivity index (χ4v) is 5.28. The van der Waals surface area contributed by atoms with Crippen molar-refractivity contribution in [3.05, 3.63) is 90.0 Å². The number of methoxy groups -OCH3 is 1. The molecule has 1 fully saturated rings. The SMILES string of the molecule is COc1ccc2c(c1)N1CCN(c3ccccc3)C[C@H]1[C@@H](C(=O)N(C)Cc1ccccc1)C2. The summed E-state index contributed by atoms with van der Waals surface area (Å²) in [5.41, 5.74) is 4.81. The van der Waals surface area contributed by atoms with Crippen LogP contribution in [-0.2, 0) is 17.8 Å². The van der Waals surface area contributed by atoms with Crippen molar-refractivity contribution in [2.24, 2.45) is 5.92 Å². The van der Waals surface area contributed by atoms with E-state index in [1.165, 1.54) is 16.9 Å². The quantitative estimate of drug-likeness (QED) is 0.594.